The molecule has 1 aromatic rings. The van der Waals surface area contributed by atoms with Crippen molar-refractivity contribution in [1.29, 1.82) is 0 Å². The number of aliphatic carboxylic acids is 1. The van der Waals surface area contributed by atoms with Crippen LogP contribution in [0.15, 0.2) is 18.2 Å². The lowest BCUT2D eigenvalue weighted by molar-refractivity contribution is -0.147. The Bertz CT molecular complexity index is 551. The lowest BCUT2D eigenvalue weighted by atomic mass is 9.86. The number of hydrogen-bond donors (Lipinski definition) is 1. The monoisotopic (exact) mass is 307 g/mol. The predicted molar refractivity (Wildman–Crippen MR) is 85.3 cm³/mol. The summed E-state index contributed by atoms with van der Waals surface area (Å²) < 4.78 is 14.3. The predicted octanol–water partition coefficient (Wildman–Crippen LogP) is 3.81. The van der Waals surface area contributed by atoms with Crippen LogP contribution in [0.25, 0.3) is 0 Å². The zero-order valence-electron chi connectivity index (χ0n) is 13.9. The maximum atomic E-state index is 14.3. The fourth-order valence-corrected chi connectivity index (χ4v) is 3.35. The van der Waals surface area contributed by atoms with Crippen LogP contribution in [0.4, 0.5) is 4.39 Å². The van der Waals surface area contributed by atoms with Crippen molar-refractivity contribution in [1.82, 2.24) is 4.90 Å². The van der Waals surface area contributed by atoms with Gasteiger partial charge in [-0.3, -0.25) is 9.69 Å². The highest BCUT2D eigenvalue weighted by atomic mass is 19.1. The third-order valence-corrected chi connectivity index (χ3v) is 4.52. The highest BCUT2D eigenvalue weighted by Gasteiger charge is 2.34. The van der Waals surface area contributed by atoms with Gasteiger partial charge in [-0.05, 0) is 47.9 Å². The second kappa shape index (κ2) is 6.37. The minimum Gasteiger partial charge on any atom is -0.480 e. The summed E-state index contributed by atoms with van der Waals surface area (Å²) in [7, 11) is 0. The molecule has 1 aliphatic rings. The van der Waals surface area contributed by atoms with Crippen LogP contribution in [0.2, 0.25) is 0 Å². The summed E-state index contributed by atoms with van der Waals surface area (Å²) in [5, 5.41) is 9.45. The quantitative estimate of drug-likeness (QED) is 0.923. The number of carboxylic acid groups (broad SMARTS) is 1. The molecule has 122 valence electrons. The molecule has 2 unspecified atom stereocenters. The fraction of sp³-hybridized carbons (Fsp3) is 0.611. The smallest absolute Gasteiger partial charge is 0.321 e. The Morgan fingerprint density at radius 3 is 2.64 bits per heavy atom. The maximum Gasteiger partial charge on any atom is 0.321 e. The molecule has 1 heterocycles. The average Bonchev–Trinajstić information content (AvgIpc) is 2.36. The molecule has 1 aliphatic heterocycles. The minimum atomic E-state index is -0.779. The van der Waals surface area contributed by atoms with E-state index < -0.39 is 12.0 Å². The van der Waals surface area contributed by atoms with Crippen molar-refractivity contribution >= 4 is 5.97 Å². The van der Waals surface area contributed by atoms with E-state index in [1.165, 1.54) is 0 Å². The fourth-order valence-electron chi connectivity index (χ4n) is 3.35. The van der Waals surface area contributed by atoms with Gasteiger partial charge in [-0.2, -0.15) is 0 Å². The first-order valence-corrected chi connectivity index (χ1v) is 7.96. The van der Waals surface area contributed by atoms with Gasteiger partial charge >= 0.3 is 5.97 Å². The van der Waals surface area contributed by atoms with E-state index in [1.807, 2.05) is 44.7 Å². The Hall–Kier alpha value is -1.42. The van der Waals surface area contributed by atoms with Gasteiger partial charge in [0.15, 0.2) is 0 Å². The molecule has 0 aromatic heterocycles. The molecule has 0 spiro atoms. The van der Waals surface area contributed by atoms with Crippen LogP contribution in [0, 0.1) is 11.7 Å². The van der Waals surface area contributed by atoms with Crippen molar-refractivity contribution in [3.05, 3.63) is 35.1 Å². The zero-order chi connectivity index (χ0) is 16.5. The molecule has 2 rings (SSSR count). The van der Waals surface area contributed by atoms with Crippen LogP contribution in [0.3, 0.4) is 0 Å². The van der Waals surface area contributed by atoms with Crippen LogP contribution in [0.1, 0.15) is 51.7 Å². The van der Waals surface area contributed by atoms with Gasteiger partial charge < -0.3 is 5.11 Å². The van der Waals surface area contributed by atoms with E-state index in [9.17, 15) is 14.3 Å². The van der Waals surface area contributed by atoms with Gasteiger partial charge in [-0.1, -0.05) is 39.8 Å². The van der Waals surface area contributed by atoms with E-state index in [1.54, 1.807) is 6.07 Å². The molecule has 4 heteroatoms. The number of hydrogen-bond acceptors (Lipinski definition) is 2. The summed E-state index contributed by atoms with van der Waals surface area (Å²) in [6.45, 7) is 9.18. The van der Waals surface area contributed by atoms with Crippen molar-refractivity contribution < 1.29 is 14.3 Å². The second-order valence-electron chi connectivity index (χ2n) is 7.44. The Kier molecular flexibility index (Phi) is 4.90. The lowest BCUT2D eigenvalue weighted by Gasteiger charge is -2.37. The number of nitrogens with zero attached hydrogens (tertiary/aromatic N) is 1. The number of carboxylic acids is 1. The van der Waals surface area contributed by atoms with Crippen molar-refractivity contribution in [2.45, 2.75) is 58.5 Å². The van der Waals surface area contributed by atoms with Gasteiger partial charge in [-0.15, -0.1) is 0 Å². The third kappa shape index (κ3) is 3.67. The van der Waals surface area contributed by atoms with Crippen LogP contribution in [-0.4, -0.2) is 28.6 Å². The molecule has 0 aliphatic carbocycles. The van der Waals surface area contributed by atoms with Gasteiger partial charge in [0.05, 0.1) is 0 Å². The van der Waals surface area contributed by atoms with Crippen molar-refractivity contribution in [3.63, 3.8) is 0 Å². The molecule has 1 aromatic carbocycles. The van der Waals surface area contributed by atoms with Crippen molar-refractivity contribution in [2.75, 3.05) is 6.54 Å². The van der Waals surface area contributed by atoms with Crippen LogP contribution in [0.5, 0.6) is 0 Å². The lowest BCUT2D eigenvalue weighted by Crippen LogP contribution is -2.48. The summed E-state index contributed by atoms with van der Waals surface area (Å²) in [6.07, 6.45) is 1.93. The molecule has 1 saturated heterocycles. The highest BCUT2D eigenvalue weighted by molar-refractivity contribution is 5.74. The first-order valence-electron chi connectivity index (χ1n) is 7.96. The van der Waals surface area contributed by atoms with E-state index in [0.29, 0.717) is 12.1 Å². The van der Waals surface area contributed by atoms with Gasteiger partial charge in [0.1, 0.15) is 11.9 Å². The summed E-state index contributed by atoms with van der Waals surface area (Å²) >= 11 is 0. The molecule has 1 fully saturated rings. The number of benzene rings is 1. The molecular formula is C18H26FNO2. The molecule has 22 heavy (non-hydrogen) atoms. The molecule has 3 nitrogen and oxygen atoms in total. The first kappa shape index (κ1) is 16.9. The van der Waals surface area contributed by atoms with E-state index in [0.717, 1.165) is 24.9 Å². The Labute approximate surface area is 132 Å². The standard InChI is InChI=1S/C18H26FNO2/c1-12-6-5-9-20(16(12)17(21)22)11-13-7-8-14(15(19)10-13)18(2,3)4/h7-8,10,12,16H,5-6,9,11H2,1-4H3,(H,21,22). The molecule has 2 atom stereocenters. The summed E-state index contributed by atoms with van der Waals surface area (Å²) in [5.74, 6) is -0.856. The van der Waals surface area contributed by atoms with Crippen molar-refractivity contribution in [2.24, 2.45) is 5.92 Å². The van der Waals surface area contributed by atoms with Crippen LogP contribution >= 0.6 is 0 Å². The van der Waals surface area contributed by atoms with E-state index in [2.05, 4.69) is 0 Å². The molecular weight excluding hydrogens is 281 g/mol. The molecule has 1 N–H and O–H groups in total. The van der Waals surface area contributed by atoms with Crippen LogP contribution in [-0.2, 0) is 16.8 Å². The van der Waals surface area contributed by atoms with Gasteiger partial charge in [0.2, 0.25) is 0 Å². The minimum absolute atomic E-state index is 0.130. The van der Waals surface area contributed by atoms with Gasteiger partial charge in [0, 0.05) is 6.54 Å². The van der Waals surface area contributed by atoms with Crippen LogP contribution < -0.4 is 0 Å². The largest absolute Gasteiger partial charge is 0.480 e. The number of piperidine rings is 1. The molecule has 0 amide bonds. The highest BCUT2D eigenvalue weighted by Crippen LogP contribution is 2.28. The average molecular weight is 307 g/mol. The van der Waals surface area contributed by atoms with E-state index in [4.69, 9.17) is 0 Å². The second-order valence-corrected chi connectivity index (χ2v) is 7.44. The first-order chi connectivity index (χ1) is 10.2. The number of rotatable bonds is 3. The van der Waals surface area contributed by atoms with E-state index in [-0.39, 0.29) is 17.2 Å². The number of likely N-dealkylation sites (tertiary alicyclic amines) is 1. The maximum absolute atomic E-state index is 14.3. The topological polar surface area (TPSA) is 40.5 Å². The number of halogens is 1. The van der Waals surface area contributed by atoms with Crippen molar-refractivity contribution in [3.8, 4) is 0 Å². The summed E-state index contributed by atoms with van der Waals surface area (Å²) in [4.78, 5) is 13.5. The Morgan fingerprint density at radius 1 is 1.41 bits per heavy atom. The van der Waals surface area contributed by atoms with E-state index >= 15 is 0 Å². The van der Waals surface area contributed by atoms with Gasteiger partial charge in [0.25, 0.3) is 0 Å². The SMILES string of the molecule is CC1CCCN(Cc2ccc(C(C)(C)C)c(F)c2)C1C(=O)O. The van der Waals surface area contributed by atoms with Gasteiger partial charge in [-0.25, -0.2) is 4.39 Å². The zero-order valence-corrected chi connectivity index (χ0v) is 13.9. The normalized spacial score (nSPS) is 23.5. The third-order valence-electron chi connectivity index (χ3n) is 4.52. The molecule has 0 saturated carbocycles. The number of carbonyl (C=O) groups is 1. The summed E-state index contributed by atoms with van der Waals surface area (Å²) in [5.41, 5.74) is 1.30. The molecule has 0 bridgehead atoms. The molecule has 0 radical (unpaired) electrons. The Balaban J connectivity index is 2.19. The Morgan fingerprint density at radius 2 is 2.09 bits per heavy atom. The summed E-state index contributed by atoms with van der Waals surface area (Å²) in [6, 6.07) is 4.83.